The summed E-state index contributed by atoms with van der Waals surface area (Å²) >= 11 is 0. The lowest BCUT2D eigenvalue weighted by Gasteiger charge is -2.35. The Morgan fingerprint density at radius 1 is 1.52 bits per heavy atom. The van der Waals surface area contributed by atoms with Gasteiger partial charge in [0, 0.05) is 19.8 Å². The highest BCUT2D eigenvalue weighted by Crippen LogP contribution is 2.25. The maximum Gasteiger partial charge on any atom is 0.257 e. The number of aromatic nitrogens is 1. The summed E-state index contributed by atoms with van der Waals surface area (Å²) in [5, 5.41) is 12.8. The van der Waals surface area contributed by atoms with Crippen molar-refractivity contribution in [3.05, 3.63) is 23.6 Å². The molecular formula is C15H22FN3O2. The molecule has 1 aromatic rings. The first kappa shape index (κ1) is 15.7. The minimum absolute atomic E-state index is 0.0128. The van der Waals surface area contributed by atoms with Crippen molar-refractivity contribution in [2.45, 2.75) is 44.8 Å². The number of aliphatic hydroxyl groups is 1. The van der Waals surface area contributed by atoms with E-state index in [9.17, 15) is 14.3 Å². The lowest BCUT2D eigenvalue weighted by atomic mass is 9.91. The van der Waals surface area contributed by atoms with Crippen LogP contribution in [0.15, 0.2) is 12.3 Å². The van der Waals surface area contributed by atoms with Gasteiger partial charge in [-0.05, 0) is 25.8 Å². The van der Waals surface area contributed by atoms with Gasteiger partial charge in [-0.3, -0.25) is 4.79 Å². The number of likely N-dealkylation sites (N-methyl/N-ethyl adjacent to an activating group) is 1. The lowest BCUT2D eigenvalue weighted by molar-refractivity contribution is 0.0265. The summed E-state index contributed by atoms with van der Waals surface area (Å²) in [6.07, 6.45) is 4.25. The Balaban J connectivity index is 2.21. The summed E-state index contributed by atoms with van der Waals surface area (Å²) in [5.41, 5.74) is -0.0128. The van der Waals surface area contributed by atoms with Crippen molar-refractivity contribution in [3.63, 3.8) is 0 Å². The maximum absolute atomic E-state index is 14.3. The van der Waals surface area contributed by atoms with E-state index in [0.717, 1.165) is 19.3 Å². The Morgan fingerprint density at radius 3 is 2.90 bits per heavy atom. The highest BCUT2D eigenvalue weighted by Gasteiger charge is 2.31. The molecule has 2 atom stereocenters. The molecule has 0 bridgehead atoms. The van der Waals surface area contributed by atoms with Crippen LogP contribution in [-0.4, -0.2) is 46.6 Å². The Bertz CT molecular complexity index is 510. The van der Waals surface area contributed by atoms with Gasteiger partial charge in [0.2, 0.25) is 0 Å². The molecule has 0 aliphatic heterocycles. The number of carbonyl (C=O) groups is 1. The van der Waals surface area contributed by atoms with Crippen molar-refractivity contribution in [1.29, 1.82) is 0 Å². The first-order valence-electron chi connectivity index (χ1n) is 7.39. The molecule has 1 saturated carbocycles. The number of amides is 1. The molecule has 0 spiro atoms. The fourth-order valence-electron chi connectivity index (χ4n) is 2.78. The number of hydrogen-bond donors (Lipinski definition) is 2. The Morgan fingerprint density at radius 2 is 2.24 bits per heavy atom. The molecule has 21 heavy (non-hydrogen) atoms. The molecule has 2 N–H and O–H groups in total. The molecule has 2 rings (SSSR count). The number of rotatable bonds is 4. The normalized spacial score (nSPS) is 21.9. The van der Waals surface area contributed by atoms with Gasteiger partial charge in [-0.2, -0.15) is 0 Å². The van der Waals surface area contributed by atoms with Crippen LogP contribution in [0.3, 0.4) is 0 Å². The van der Waals surface area contributed by atoms with Gasteiger partial charge in [0.25, 0.3) is 5.91 Å². The van der Waals surface area contributed by atoms with E-state index in [1.165, 1.54) is 17.2 Å². The van der Waals surface area contributed by atoms with E-state index < -0.39 is 17.8 Å². The third-order valence-electron chi connectivity index (χ3n) is 3.98. The average molecular weight is 295 g/mol. The number of halogens is 1. The minimum atomic E-state index is -0.638. The number of hydrogen-bond acceptors (Lipinski definition) is 4. The van der Waals surface area contributed by atoms with E-state index in [4.69, 9.17) is 0 Å². The predicted octanol–water partition coefficient (Wildman–Crippen LogP) is 2.03. The number of nitrogens with one attached hydrogen (secondary N) is 1. The third kappa shape index (κ3) is 3.32. The smallest absolute Gasteiger partial charge is 0.257 e. The van der Waals surface area contributed by atoms with Crippen LogP contribution >= 0.6 is 0 Å². The van der Waals surface area contributed by atoms with Gasteiger partial charge < -0.3 is 15.3 Å². The van der Waals surface area contributed by atoms with Crippen LogP contribution < -0.4 is 5.32 Å². The molecule has 0 radical (unpaired) electrons. The van der Waals surface area contributed by atoms with Crippen LogP contribution in [0.2, 0.25) is 0 Å². The van der Waals surface area contributed by atoms with Gasteiger partial charge in [0.05, 0.1) is 17.7 Å². The largest absolute Gasteiger partial charge is 0.391 e. The van der Waals surface area contributed by atoms with Crippen molar-refractivity contribution >= 4 is 11.7 Å². The summed E-state index contributed by atoms with van der Waals surface area (Å²) in [6.45, 7) is 2.36. The molecule has 1 heterocycles. The molecule has 0 saturated heterocycles. The van der Waals surface area contributed by atoms with Crippen LogP contribution in [0.5, 0.6) is 0 Å². The standard InChI is InChI=1S/C15H22FN3O2/c1-3-17-14-13(16)10(8-9-18-14)15(21)19(2)11-6-4-5-7-12(11)20/h8-9,11-12,20H,3-7H2,1-2H3,(H,17,18). The molecule has 1 aliphatic rings. The highest BCUT2D eigenvalue weighted by molar-refractivity contribution is 5.95. The van der Waals surface area contributed by atoms with Crippen molar-refractivity contribution in [1.82, 2.24) is 9.88 Å². The number of pyridine rings is 1. The van der Waals surface area contributed by atoms with Crippen LogP contribution in [0.4, 0.5) is 10.2 Å². The molecule has 1 aliphatic carbocycles. The zero-order valence-electron chi connectivity index (χ0n) is 12.5. The Hall–Kier alpha value is -1.69. The predicted molar refractivity (Wildman–Crippen MR) is 78.7 cm³/mol. The van der Waals surface area contributed by atoms with E-state index in [1.807, 2.05) is 6.92 Å². The van der Waals surface area contributed by atoms with Crippen molar-refractivity contribution < 1.29 is 14.3 Å². The van der Waals surface area contributed by atoms with Crippen LogP contribution in [0.25, 0.3) is 0 Å². The van der Waals surface area contributed by atoms with Gasteiger partial charge in [-0.15, -0.1) is 0 Å². The summed E-state index contributed by atoms with van der Waals surface area (Å²) in [7, 11) is 1.62. The highest BCUT2D eigenvalue weighted by atomic mass is 19.1. The van der Waals surface area contributed by atoms with E-state index in [-0.39, 0.29) is 17.4 Å². The number of aliphatic hydroxyl groups excluding tert-OH is 1. The summed E-state index contributed by atoms with van der Waals surface area (Å²) in [6, 6.07) is 1.13. The molecule has 2 unspecified atom stereocenters. The lowest BCUT2D eigenvalue weighted by Crippen LogP contribution is -2.46. The maximum atomic E-state index is 14.3. The molecule has 116 valence electrons. The Labute approximate surface area is 124 Å². The second kappa shape index (κ2) is 6.85. The van der Waals surface area contributed by atoms with Crippen molar-refractivity contribution in [3.8, 4) is 0 Å². The summed E-state index contributed by atoms with van der Waals surface area (Å²) in [5.74, 6) is -0.970. The number of nitrogens with zero attached hydrogens (tertiary/aromatic N) is 2. The van der Waals surface area contributed by atoms with Gasteiger partial charge >= 0.3 is 0 Å². The van der Waals surface area contributed by atoms with Crippen molar-refractivity contribution in [2.24, 2.45) is 0 Å². The zero-order chi connectivity index (χ0) is 15.4. The second-order valence-corrected chi connectivity index (χ2v) is 5.39. The monoisotopic (exact) mass is 295 g/mol. The van der Waals surface area contributed by atoms with Gasteiger partial charge in [0.15, 0.2) is 11.6 Å². The van der Waals surface area contributed by atoms with Crippen LogP contribution in [0, 0.1) is 5.82 Å². The molecule has 1 fully saturated rings. The molecular weight excluding hydrogens is 273 g/mol. The fourth-order valence-corrected chi connectivity index (χ4v) is 2.78. The first-order valence-corrected chi connectivity index (χ1v) is 7.39. The molecule has 5 nitrogen and oxygen atoms in total. The molecule has 1 aromatic heterocycles. The van der Waals surface area contributed by atoms with Gasteiger partial charge in [-0.1, -0.05) is 12.8 Å². The summed E-state index contributed by atoms with van der Waals surface area (Å²) in [4.78, 5) is 17.8. The van der Waals surface area contributed by atoms with E-state index in [0.29, 0.717) is 13.0 Å². The molecule has 1 amide bonds. The van der Waals surface area contributed by atoms with Crippen molar-refractivity contribution in [2.75, 3.05) is 18.9 Å². The van der Waals surface area contributed by atoms with Crippen LogP contribution in [0.1, 0.15) is 43.0 Å². The van der Waals surface area contributed by atoms with Gasteiger partial charge in [0.1, 0.15) is 0 Å². The quantitative estimate of drug-likeness (QED) is 0.892. The topological polar surface area (TPSA) is 65.5 Å². The number of carbonyl (C=O) groups excluding carboxylic acids is 1. The minimum Gasteiger partial charge on any atom is -0.391 e. The summed E-state index contributed by atoms with van der Waals surface area (Å²) < 4.78 is 14.3. The van der Waals surface area contributed by atoms with Gasteiger partial charge in [-0.25, -0.2) is 9.37 Å². The van der Waals surface area contributed by atoms with Crippen LogP contribution in [-0.2, 0) is 0 Å². The average Bonchev–Trinajstić information content (AvgIpc) is 2.49. The fraction of sp³-hybridized carbons (Fsp3) is 0.600. The van der Waals surface area contributed by atoms with E-state index in [2.05, 4.69) is 10.3 Å². The first-order chi connectivity index (χ1) is 10.1. The molecule has 0 aromatic carbocycles. The van der Waals surface area contributed by atoms with E-state index >= 15 is 0 Å². The third-order valence-corrected chi connectivity index (χ3v) is 3.98. The zero-order valence-corrected chi connectivity index (χ0v) is 12.5. The number of anilines is 1. The second-order valence-electron chi connectivity index (χ2n) is 5.39. The SMILES string of the molecule is CCNc1nccc(C(=O)N(C)C2CCCCC2O)c1F. The Kier molecular flexibility index (Phi) is 5.12. The van der Waals surface area contributed by atoms with E-state index in [1.54, 1.807) is 7.05 Å². The molecule has 6 heteroatoms.